The SMILES string of the molecule is CNCc1ccc(N(C)CC2(O)CCOCC2)c(F)c1. The van der Waals surface area contributed by atoms with Gasteiger partial charge in [0.2, 0.25) is 0 Å². The van der Waals surface area contributed by atoms with Gasteiger partial charge in [0.05, 0.1) is 11.3 Å². The van der Waals surface area contributed by atoms with Crippen LogP contribution in [0, 0.1) is 5.82 Å². The van der Waals surface area contributed by atoms with Gasteiger partial charge in [-0.1, -0.05) is 6.07 Å². The first kappa shape index (κ1) is 15.2. The van der Waals surface area contributed by atoms with E-state index in [1.807, 2.05) is 20.2 Å². The topological polar surface area (TPSA) is 44.7 Å². The summed E-state index contributed by atoms with van der Waals surface area (Å²) in [6.07, 6.45) is 1.19. The Bertz CT molecular complexity index is 447. The minimum atomic E-state index is -0.789. The van der Waals surface area contributed by atoms with E-state index in [2.05, 4.69) is 5.32 Å². The minimum absolute atomic E-state index is 0.254. The van der Waals surface area contributed by atoms with Crippen LogP contribution in [0.2, 0.25) is 0 Å². The number of benzene rings is 1. The van der Waals surface area contributed by atoms with Gasteiger partial charge < -0.3 is 20.1 Å². The fraction of sp³-hybridized carbons (Fsp3) is 0.600. The van der Waals surface area contributed by atoms with Crippen molar-refractivity contribution >= 4 is 5.69 Å². The molecule has 2 N–H and O–H groups in total. The van der Waals surface area contributed by atoms with E-state index in [1.54, 1.807) is 11.0 Å². The molecule has 0 saturated carbocycles. The molecular weight excluding hydrogens is 259 g/mol. The van der Waals surface area contributed by atoms with Gasteiger partial charge in [0.25, 0.3) is 0 Å². The summed E-state index contributed by atoms with van der Waals surface area (Å²) >= 11 is 0. The lowest BCUT2D eigenvalue weighted by atomic mass is 9.93. The Kier molecular flexibility index (Phi) is 4.96. The van der Waals surface area contributed by atoms with Crippen LogP contribution in [0.25, 0.3) is 0 Å². The Labute approximate surface area is 119 Å². The summed E-state index contributed by atoms with van der Waals surface area (Å²) < 4.78 is 19.4. The average Bonchev–Trinajstić information content (AvgIpc) is 2.39. The molecule has 5 heteroatoms. The quantitative estimate of drug-likeness (QED) is 0.859. The number of anilines is 1. The zero-order valence-electron chi connectivity index (χ0n) is 12.2. The molecule has 0 amide bonds. The average molecular weight is 282 g/mol. The van der Waals surface area contributed by atoms with Crippen molar-refractivity contribution in [2.24, 2.45) is 0 Å². The predicted octanol–water partition coefficient (Wildman–Crippen LogP) is 1.52. The summed E-state index contributed by atoms with van der Waals surface area (Å²) in [6, 6.07) is 5.21. The molecule has 20 heavy (non-hydrogen) atoms. The van der Waals surface area contributed by atoms with E-state index in [9.17, 15) is 9.50 Å². The molecule has 2 rings (SSSR count). The van der Waals surface area contributed by atoms with Crippen molar-refractivity contribution in [3.63, 3.8) is 0 Å². The second-order valence-corrected chi connectivity index (χ2v) is 5.51. The summed E-state index contributed by atoms with van der Waals surface area (Å²) in [6.45, 7) is 2.18. The maximum atomic E-state index is 14.1. The Morgan fingerprint density at radius 1 is 1.40 bits per heavy atom. The maximum Gasteiger partial charge on any atom is 0.146 e. The molecule has 4 nitrogen and oxygen atoms in total. The second-order valence-electron chi connectivity index (χ2n) is 5.51. The van der Waals surface area contributed by atoms with Crippen molar-refractivity contribution in [3.05, 3.63) is 29.6 Å². The molecule has 1 aliphatic rings. The van der Waals surface area contributed by atoms with Crippen LogP contribution in [0.1, 0.15) is 18.4 Å². The molecule has 0 unspecified atom stereocenters. The molecule has 0 aliphatic carbocycles. The number of likely N-dealkylation sites (N-methyl/N-ethyl adjacent to an activating group) is 1. The second kappa shape index (κ2) is 6.52. The Morgan fingerprint density at radius 2 is 2.10 bits per heavy atom. The van der Waals surface area contributed by atoms with E-state index >= 15 is 0 Å². The zero-order valence-corrected chi connectivity index (χ0v) is 12.2. The van der Waals surface area contributed by atoms with Gasteiger partial charge in [0.1, 0.15) is 5.82 Å². The van der Waals surface area contributed by atoms with E-state index in [1.165, 1.54) is 6.07 Å². The van der Waals surface area contributed by atoms with Gasteiger partial charge in [-0.25, -0.2) is 4.39 Å². The molecule has 1 aromatic rings. The first-order valence-electron chi connectivity index (χ1n) is 6.98. The van der Waals surface area contributed by atoms with Crippen LogP contribution in [0.4, 0.5) is 10.1 Å². The fourth-order valence-electron chi connectivity index (χ4n) is 2.61. The van der Waals surface area contributed by atoms with Crippen LogP contribution in [0.5, 0.6) is 0 Å². The zero-order chi connectivity index (χ0) is 14.6. The number of halogens is 1. The van der Waals surface area contributed by atoms with E-state index < -0.39 is 5.60 Å². The third-order valence-corrected chi connectivity index (χ3v) is 3.76. The van der Waals surface area contributed by atoms with Crippen molar-refractivity contribution < 1.29 is 14.2 Å². The molecule has 1 heterocycles. The number of hydrogen-bond acceptors (Lipinski definition) is 4. The lowest BCUT2D eigenvalue weighted by Crippen LogP contribution is -2.46. The number of rotatable bonds is 5. The molecule has 1 saturated heterocycles. The smallest absolute Gasteiger partial charge is 0.146 e. The Hall–Kier alpha value is -1.17. The van der Waals surface area contributed by atoms with Gasteiger partial charge in [-0.3, -0.25) is 0 Å². The lowest BCUT2D eigenvalue weighted by molar-refractivity contribution is -0.0573. The Morgan fingerprint density at radius 3 is 2.70 bits per heavy atom. The fourth-order valence-corrected chi connectivity index (χ4v) is 2.61. The monoisotopic (exact) mass is 282 g/mol. The first-order chi connectivity index (χ1) is 9.54. The number of ether oxygens (including phenoxy) is 1. The highest BCUT2D eigenvalue weighted by atomic mass is 19.1. The maximum absolute atomic E-state index is 14.1. The van der Waals surface area contributed by atoms with Crippen LogP contribution in [-0.4, -0.2) is 44.6 Å². The van der Waals surface area contributed by atoms with E-state index in [4.69, 9.17) is 4.74 Å². The van der Waals surface area contributed by atoms with Crippen molar-refractivity contribution in [3.8, 4) is 0 Å². The van der Waals surface area contributed by atoms with Crippen molar-refractivity contribution in [2.75, 3.05) is 38.8 Å². The molecular formula is C15H23FN2O2. The predicted molar refractivity (Wildman–Crippen MR) is 77.4 cm³/mol. The Balaban J connectivity index is 2.06. The number of nitrogens with zero attached hydrogens (tertiary/aromatic N) is 1. The standard InChI is InChI=1S/C15H23FN2O2/c1-17-10-12-3-4-14(13(16)9-12)18(2)11-15(19)5-7-20-8-6-15/h3-4,9,17,19H,5-8,10-11H2,1-2H3. The van der Waals surface area contributed by atoms with E-state index in [0.717, 1.165) is 5.56 Å². The van der Waals surface area contributed by atoms with Crippen molar-refractivity contribution in [2.45, 2.75) is 25.0 Å². The van der Waals surface area contributed by atoms with Gasteiger partial charge in [0.15, 0.2) is 0 Å². The highest BCUT2D eigenvalue weighted by Crippen LogP contribution is 2.26. The van der Waals surface area contributed by atoms with Gasteiger partial charge in [-0.05, 0) is 24.7 Å². The van der Waals surface area contributed by atoms with Gasteiger partial charge >= 0.3 is 0 Å². The molecule has 112 valence electrons. The van der Waals surface area contributed by atoms with Crippen LogP contribution in [0.3, 0.4) is 0 Å². The highest BCUT2D eigenvalue weighted by Gasteiger charge is 2.31. The number of hydrogen-bond donors (Lipinski definition) is 2. The van der Waals surface area contributed by atoms with Crippen LogP contribution in [-0.2, 0) is 11.3 Å². The van der Waals surface area contributed by atoms with E-state index in [-0.39, 0.29) is 5.82 Å². The molecule has 1 fully saturated rings. The summed E-state index contributed by atoms with van der Waals surface area (Å²) in [7, 11) is 3.64. The van der Waals surface area contributed by atoms with Gasteiger partial charge in [0, 0.05) is 46.2 Å². The van der Waals surface area contributed by atoms with Crippen molar-refractivity contribution in [1.29, 1.82) is 0 Å². The molecule has 1 aliphatic heterocycles. The third-order valence-electron chi connectivity index (χ3n) is 3.76. The summed E-state index contributed by atoms with van der Waals surface area (Å²) in [5, 5.41) is 13.5. The normalized spacial score (nSPS) is 18.0. The molecule has 0 radical (unpaired) electrons. The molecule has 0 spiro atoms. The molecule has 0 atom stereocenters. The summed E-state index contributed by atoms with van der Waals surface area (Å²) in [5.41, 5.74) is 0.639. The molecule has 0 aromatic heterocycles. The summed E-state index contributed by atoms with van der Waals surface area (Å²) in [4.78, 5) is 1.78. The third kappa shape index (κ3) is 3.69. The van der Waals surface area contributed by atoms with Crippen LogP contribution < -0.4 is 10.2 Å². The van der Waals surface area contributed by atoms with Crippen LogP contribution in [0.15, 0.2) is 18.2 Å². The van der Waals surface area contributed by atoms with Gasteiger partial charge in [-0.2, -0.15) is 0 Å². The number of aliphatic hydroxyl groups is 1. The molecule has 0 bridgehead atoms. The number of nitrogens with one attached hydrogen (secondary N) is 1. The van der Waals surface area contributed by atoms with Crippen molar-refractivity contribution in [1.82, 2.24) is 5.32 Å². The lowest BCUT2D eigenvalue weighted by Gasteiger charge is -2.36. The first-order valence-corrected chi connectivity index (χ1v) is 6.98. The highest BCUT2D eigenvalue weighted by molar-refractivity contribution is 5.49. The summed E-state index contributed by atoms with van der Waals surface area (Å²) in [5.74, 6) is -0.254. The van der Waals surface area contributed by atoms with Gasteiger partial charge in [-0.15, -0.1) is 0 Å². The van der Waals surface area contributed by atoms with Crippen LogP contribution >= 0.6 is 0 Å². The molecule has 1 aromatic carbocycles. The largest absolute Gasteiger partial charge is 0.388 e. The van der Waals surface area contributed by atoms with E-state index in [0.29, 0.717) is 44.8 Å². The minimum Gasteiger partial charge on any atom is -0.388 e.